The van der Waals surface area contributed by atoms with E-state index >= 15 is 0 Å². The molecule has 0 radical (unpaired) electrons. The van der Waals surface area contributed by atoms with Crippen LogP contribution in [0.3, 0.4) is 0 Å². The quantitative estimate of drug-likeness (QED) is 0.557. The van der Waals surface area contributed by atoms with Crippen molar-refractivity contribution in [2.24, 2.45) is 5.92 Å². The molecule has 1 fully saturated rings. The Morgan fingerprint density at radius 1 is 0.950 bits per heavy atom. The van der Waals surface area contributed by atoms with Gasteiger partial charge >= 0.3 is 5.97 Å². The van der Waals surface area contributed by atoms with Gasteiger partial charge < -0.3 is 5.11 Å². The van der Waals surface area contributed by atoms with Gasteiger partial charge in [0.05, 0.1) is 0 Å². The van der Waals surface area contributed by atoms with Gasteiger partial charge in [0, 0.05) is 18.8 Å². The van der Waals surface area contributed by atoms with E-state index in [-0.39, 0.29) is 0 Å². The SMILES string of the molecule is O=C(O)CCCCCCCCCC[C@H]1CCCCC1=O. The van der Waals surface area contributed by atoms with Crippen molar-refractivity contribution < 1.29 is 14.7 Å². The summed E-state index contributed by atoms with van der Waals surface area (Å²) in [6.45, 7) is 0. The molecular weight excluding hydrogens is 252 g/mol. The molecule has 116 valence electrons. The lowest BCUT2D eigenvalue weighted by Crippen LogP contribution is -2.18. The van der Waals surface area contributed by atoms with E-state index in [4.69, 9.17) is 5.11 Å². The molecule has 3 heteroatoms. The maximum absolute atomic E-state index is 11.7. The van der Waals surface area contributed by atoms with Gasteiger partial charge in [0.2, 0.25) is 0 Å². The number of carboxylic acid groups (broad SMARTS) is 1. The molecule has 0 aliphatic heterocycles. The second-order valence-corrected chi connectivity index (χ2v) is 6.17. The van der Waals surface area contributed by atoms with Gasteiger partial charge in [0.15, 0.2) is 0 Å². The molecule has 1 aliphatic carbocycles. The van der Waals surface area contributed by atoms with Gasteiger partial charge in [-0.3, -0.25) is 9.59 Å². The smallest absolute Gasteiger partial charge is 0.303 e. The molecule has 0 aromatic carbocycles. The normalized spacial score (nSPS) is 19.2. The number of hydrogen-bond acceptors (Lipinski definition) is 2. The Bertz CT molecular complexity index is 286. The molecule has 1 rings (SSSR count). The van der Waals surface area contributed by atoms with Crippen LogP contribution in [0.1, 0.15) is 89.9 Å². The third-order valence-electron chi connectivity index (χ3n) is 4.37. The van der Waals surface area contributed by atoms with E-state index in [0.29, 0.717) is 18.1 Å². The molecule has 1 aliphatic rings. The summed E-state index contributed by atoms with van der Waals surface area (Å²) in [6.07, 6.45) is 14.9. The summed E-state index contributed by atoms with van der Waals surface area (Å²) in [5.41, 5.74) is 0. The minimum atomic E-state index is -0.678. The predicted molar refractivity (Wildman–Crippen MR) is 80.8 cm³/mol. The summed E-state index contributed by atoms with van der Waals surface area (Å²) in [5, 5.41) is 8.52. The zero-order valence-electron chi connectivity index (χ0n) is 12.7. The van der Waals surface area contributed by atoms with E-state index in [0.717, 1.165) is 44.9 Å². The fourth-order valence-electron chi connectivity index (χ4n) is 3.09. The molecule has 0 unspecified atom stereocenters. The first kappa shape index (κ1) is 17.2. The van der Waals surface area contributed by atoms with Crippen LogP contribution >= 0.6 is 0 Å². The fraction of sp³-hybridized carbons (Fsp3) is 0.882. The predicted octanol–water partition coefficient (Wildman–Crippen LogP) is 4.73. The van der Waals surface area contributed by atoms with Gasteiger partial charge in [-0.1, -0.05) is 51.4 Å². The Kier molecular flexibility index (Phi) is 9.35. The van der Waals surface area contributed by atoms with Gasteiger partial charge in [-0.2, -0.15) is 0 Å². The Balaban J connectivity index is 1.82. The minimum Gasteiger partial charge on any atom is -0.481 e. The molecular formula is C17H30O3. The highest BCUT2D eigenvalue weighted by molar-refractivity contribution is 5.81. The third-order valence-corrected chi connectivity index (χ3v) is 4.37. The highest BCUT2D eigenvalue weighted by Crippen LogP contribution is 2.25. The number of rotatable bonds is 11. The van der Waals surface area contributed by atoms with E-state index < -0.39 is 5.97 Å². The summed E-state index contributed by atoms with van der Waals surface area (Å²) in [4.78, 5) is 22.0. The molecule has 0 heterocycles. The highest BCUT2D eigenvalue weighted by Gasteiger charge is 2.20. The first-order valence-corrected chi connectivity index (χ1v) is 8.44. The molecule has 0 aromatic rings. The van der Waals surface area contributed by atoms with Gasteiger partial charge in [-0.05, 0) is 25.7 Å². The summed E-state index contributed by atoms with van der Waals surface area (Å²) in [6, 6.07) is 0. The summed E-state index contributed by atoms with van der Waals surface area (Å²) >= 11 is 0. The van der Waals surface area contributed by atoms with E-state index in [2.05, 4.69) is 0 Å². The number of ketones is 1. The van der Waals surface area contributed by atoms with Crippen LogP contribution < -0.4 is 0 Å². The lowest BCUT2D eigenvalue weighted by atomic mass is 9.84. The van der Waals surface area contributed by atoms with Crippen molar-refractivity contribution in [1.29, 1.82) is 0 Å². The molecule has 0 saturated heterocycles. The van der Waals surface area contributed by atoms with Crippen molar-refractivity contribution in [3.63, 3.8) is 0 Å². The van der Waals surface area contributed by atoms with E-state index in [1.54, 1.807) is 0 Å². The van der Waals surface area contributed by atoms with Gasteiger partial charge in [0.25, 0.3) is 0 Å². The maximum atomic E-state index is 11.7. The lowest BCUT2D eigenvalue weighted by Gasteiger charge is -2.20. The topological polar surface area (TPSA) is 54.4 Å². The van der Waals surface area contributed by atoms with Crippen LogP contribution in [-0.2, 0) is 9.59 Å². The summed E-state index contributed by atoms with van der Waals surface area (Å²) in [7, 11) is 0. The van der Waals surface area contributed by atoms with Crippen molar-refractivity contribution in [3.05, 3.63) is 0 Å². The number of unbranched alkanes of at least 4 members (excludes halogenated alkanes) is 7. The first-order chi connectivity index (χ1) is 9.70. The monoisotopic (exact) mass is 282 g/mol. The van der Waals surface area contributed by atoms with Crippen LogP contribution in [0.25, 0.3) is 0 Å². The molecule has 1 saturated carbocycles. The zero-order valence-corrected chi connectivity index (χ0v) is 12.7. The van der Waals surface area contributed by atoms with Gasteiger partial charge in [-0.15, -0.1) is 0 Å². The van der Waals surface area contributed by atoms with Crippen LogP contribution in [0.2, 0.25) is 0 Å². The number of hydrogen-bond donors (Lipinski definition) is 1. The van der Waals surface area contributed by atoms with Crippen molar-refractivity contribution in [2.75, 3.05) is 0 Å². The standard InChI is InChI=1S/C17H30O3/c18-16-13-10-9-12-15(16)11-7-5-3-1-2-4-6-8-14-17(19)20/h15H,1-14H2,(H,19,20)/t15-/m0/s1. The van der Waals surface area contributed by atoms with Crippen LogP contribution in [0, 0.1) is 5.92 Å². The number of Topliss-reactive ketones (excluding diaryl/α,β-unsaturated/α-hetero) is 1. The molecule has 0 bridgehead atoms. The maximum Gasteiger partial charge on any atom is 0.303 e. The van der Waals surface area contributed by atoms with E-state index in [1.807, 2.05) is 0 Å². The van der Waals surface area contributed by atoms with E-state index in [9.17, 15) is 9.59 Å². The second kappa shape index (κ2) is 10.9. The van der Waals surface area contributed by atoms with Crippen molar-refractivity contribution in [3.8, 4) is 0 Å². The average Bonchev–Trinajstić information content (AvgIpc) is 2.42. The second-order valence-electron chi connectivity index (χ2n) is 6.17. The number of carboxylic acids is 1. The Labute approximate surface area is 123 Å². The van der Waals surface area contributed by atoms with Crippen LogP contribution in [0.4, 0.5) is 0 Å². The van der Waals surface area contributed by atoms with Crippen LogP contribution in [0.5, 0.6) is 0 Å². The molecule has 1 N–H and O–H groups in total. The van der Waals surface area contributed by atoms with Gasteiger partial charge in [-0.25, -0.2) is 0 Å². The summed E-state index contributed by atoms with van der Waals surface area (Å²) < 4.78 is 0. The molecule has 0 spiro atoms. The average molecular weight is 282 g/mol. The van der Waals surface area contributed by atoms with Crippen LogP contribution in [0.15, 0.2) is 0 Å². The zero-order chi connectivity index (χ0) is 14.6. The third kappa shape index (κ3) is 8.34. The number of carbonyl (C=O) groups excluding carboxylic acids is 1. The largest absolute Gasteiger partial charge is 0.481 e. The minimum absolute atomic E-state index is 0.315. The molecule has 0 aromatic heterocycles. The van der Waals surface area contributed by atoms with Crippen molar-refractivity contribution in [1.82, 2.24) is 0 Å². The first-order valence-electron chi connectivity index (χ1n) is 8.44. The molecule has 20 heavy (non-hydrogen) atoms. The Morgan fingerprint density at radius 2 is 1.55 bits per heavy atom. The number of carbonyl (C=O) groups is 2. The molecule has 1 atom stereocenters. The fourth-order valence-corrected chi connectivity index (χ4v) is 3.09. The lowest BCUT2D eigenvalue weighted by molar-refractivity contribution is -0.137. The Morgan fingerprint density at radius 3 is 2.15 bits per heavy atom. The van der Waals surface area contributed by atoms with E-state index in [1.165, 1.54) is 38.5 Å². The van der Waals surface area contributed by atoms with Crippen molar-refractivity contribution in [2.45, 2.75) is 89.9 Å². The molecule has 3 nitrogen and oxygen atoms in total. The molecule has 0 amide bonds. The number of aliphatic carboxylic acids is 1. The highest BCUT2D eigenvalue weighted by atomic mass is 16.4. The van der Waals surface area contributed by atoms with Crippen LogP contribution in [-0.4, -0.2) is 16.9 Å². The van der Waals surface area contributed by atoms with Crippen molar-refractivity contribution >= 4 is 11.8 Å². The summed E-state index contributed by atoms with van der Waals surface area (Å²) in [5.74, 6) is 0.205. The van der Waals surface area contributed by atoms with Gasteiger partial charge in [0.1, 0.15) is 5.78 Å². The Hall–Kier alpha value is -0.860.